The lowest BCUT2D eigenvalue weighted by molar-refractivity contribution is 0.0293. The number of nitrogens with zero attached hydrogens (tertiary/aromatic N) is 1. The molecule has 0 spiro atoms. The van der Waals surface area contributed by atoms with E-state index in [1.807, 2.05) is 6.92 Å². The number of hydrogen-bond acceptors (Lipinski definition) is 3. The molecule has 0 aliphatic carbocycles. The minimum atomic E-state index is -0.421. The molecule has 0 fully saturated rings. The Hall–Kier alpha value is -1.09. The predicted molar refractivity (Wildman–Crippen MR) is 63.6 cm³/mol. The summed E-state index contributed by atoms with van der Waals surface area (Å²) in [5.74, 6) is 0.0748. The van der Waals surface area contributed by atoms with E-state index in [4.69, 9.17) is 16.3 Å². The van der Waals surface area contributed by atoms with Crippen LogP contribution in [0, 0.1) is 5.92 Å². The molecule has 88 valence electrons. The number of esters is 1. The van der Waals surface area contributed by atoms with Crippen molar-refractivity contribution in [3.05, 3.63) is 29.0 Å². The minimum absolute atomic E-state index is 0.103. The van der Waals surface area contributed by atoms with Gasteiger partial charge in [-0.15, -0.1) is 0 Å². The van der Waals surface area contributed by atoms with Crippen molar-refractivity contribution in [3.8, 4) is 0 Å². The molecule has 1 aromatic heterocycles. The van der Waals surface area contributed by atoms with Gasteiger partial charge in [0.2, 0.25) is 0 Å². The SMILES string of the molecule is CC(C)CC(C)OC(=O)c1cccc(Cl)n1. The van der Waals surface area contributed by atoms with Gasteiger partial charge in [-0.25, -0.2) is 9.78 Å². The Morgan fingerprint density at radius 1 is 1.44 bits per heavy atom. The Kier molecular flexibility index (Phi) is 4.74. The van der Waals surface area contributed by atoms with E-state index in [9.17, 15) is 4.79 Å². The molecule has 0 bridgehead atoms. The topological polar surface area (TPSA) is 39.2 Å². The second-order valence-electron chi connectivity index (χ2n) is 4.19. The maximum absolute atomic E-state index is 11.6. The highest BCUT2D eigenvalue weighted by Gasteiger charge is 2.14. The predicted octanol–water partition coefficient (Wildman–Crippen LogP) is 3.33. The van der Waals surface area contributed by atoms with Gasteiger partial charge in [-0.05, 0) is 31.4 Å². The van der Waals surface area contributed by atoms with Gasteiger partial charge >= 0.3 is 5.97 Å². The molecule has 1 heterocycles. The number of aromatic nitrogens is 1. The summed E-state index contributed by atoms with van der Waals surface area (Å²) in [6.45, 7) is 6.05. The zero-order chi connectivity index (χ0) is 12.1. The van der Waals surface area contributed by atoms with Crippen LogP contribution in [-0.2, 0) is 4.74 Å². The molecular weight excluding hydrogens is 226 g/mol. The van der Waals surface area contributed by atoms with Gasteiger partial charge in [0.25, 0.3) is 0 Å². The van der Waals surface area contributed by atoms with Crippen LogP contribution in [0.2, 0.25) is 5.15 Å². The van der Waals surface area contributed by atoms with E-state index in [-0.39, 0.29) is 11.8 Å². The van der Waals surface area contributed by atoms with Crippen LogP contribution in [0.3, 0.4) is 0 Å². The van der Waals surface area contributed by atoms with Gasteiger partial charge < -0.3 is 4.74 Å². The van der Waals surface area contributed by atoms with Crippen molar-refractivity contribution >= 4 is 17.6 Å². The van der Waals surface area contributed by atoms with E-state index < -0.39 is 5.97 Å². The molecule has 0 amide bonds. The van der Waals surface area contributed by atoms with Crippen molar-refractivity contribution in [3.63, 3.8) is 0 Å². The van der Waals surface area contributed by atoms with Crippen LogP contribution in [0.1, 0.15) is 37.7 Å². The molecule has 4 heteroatoms. The Bertz CT molecular complexity index is 366. The number of pyridine rings is 1. The molecule has 1 atom stereocenters. The first-order chi connectivity index (χ1) is 7.49. The number of ether oxygens (including phenoxy) is 1. The van der Waals surface area contributed by atoms with Crippen LogP contribution in [0.5, 0.6) is 0 Å². The zero-order valence-electron chi connectivity index (χ0n) is 9.74. The van der Waals surface area contributed by atoms with E-state index in [0.29, 0.717) is 11.1 Å². The number of halogens is 1. The van der Waals surface area contributed by atoms with E-state index in [2.05, 4.69) is 18.8 Å². The number of hydrogen-bond donors (Lipinski definition) is 0. The Balaban J connectivity index is 2.59. The molecule has 0 radical (unpaired) electrons. The van der Waals surface area contributed by atoms with Crippen molar-refractivity contribution in [2.24, 2.45) is 5.92 Å². The molecule has 0 saturated heterocycles. The first-order valence-electron chi connectivity index (χ1n) is 5.32. The lowest BCUT2D eigenvalue weighted by Crippen LogP contribution is -2.17. The summed E-state index contributed by atoms with van der Waals surface area (Å²) in [5.41, 5.74) is 0.253. The van der Waals surface area contributed by atoms with Gasteiger partial charge in [-0.1, -0.05) is 31.5 Å². The average Bonchev–Trinajstić information content (AvgIpc) is 2.16. The second-order valence-corrected chi connectivity index (χ2v) is 4.58. The quantitative estimate of drug-likeness (QED) is 0.600. The first kappa shape index (κ1) is 13.0. The monoisotopic (exact) mass is 241 g/mol. The molecule has 1 aromatic rings. The first-order valence-corrected chi connectivity index (χ1v) is 5.70. The molecule has 0 aromatic carbocycles. The molecule has 16 heavy (non-hydrogen) atoms. The second kappa shape index (κ2) is 5.85. The largest absolute Gasteiger partial charge is 0.458 e. The summed E-state index contributed by atoms with van der Waals surface area (Å²) in [6.07, 6.45) is 0.736. The smallest absolute Gasteiger partial charge is 0.357 e. The highest BCUT2D eigenvalue weighted by Crippen LogP contribution is 2.11. The lowest BCUT2D eigenvalue weighted by atomic mass is 10.1. The summed E-state index contributed by atoms with van der Waals surface area (Å²) < 4.78 is 5.24. The van der Waals surface area contributed by atoms with Crippen molar-refractivity contribution < 1.29 is 9.53 Å². The fraction of sp³-hybridized carbons (Fsp3) is 0.500. The molecule has 1 unspecified atom stereocenters. The highest BCUT2D eigenvalue weighted by atomic mass is 35.5. The molecule has 0 N–H and O–H groups in total. The molecule has 0 aliphatic heterocycles. The maximum atomic E-state index is 11.6. The normalized spacial score (nSPS) is 12.6. The van der Waals surface area contributed by atoms with Gasteiger partial charge in [0.15, 0.2) is 0 Å². The van der Waals surface area contributed by atoms with Crippen LogP contribution < -0.4 is 0 Å². The summed E-state index contributed by atoms with van der Waals surface area (Å²) in [5, 5.41) is 0.297. The van der Waals surface area contributed by atoms with E-state index in [1.165, 1.54) is 0 Å². The van der Waals surface area contributed by atoms with Gasteiger partial charge in [0, 0.05) is 0 Å². The third kappa shape index (κ3) is 4.19. The third-order valence-corrected chi connectivity index (χ3v) is 2.25. The Morgan fingerprint density at radius 2 is 2.12 bits per heavy atom. The highest BCUT2D eigenvalue weighted by molar-refractivity contribution is 6.29. The van der Waals surface area contributed by atoms with Crippen molar-refractivity contribution in [1.82, 2.24) is 4.98 Å². The molecular formula is C12H16ClNO2. The van der Waals surface area contributed by atoms with Crippen molar-refractivity contribution in [2.45, 2.75) is 33.3 Å². The van der Waals surface area contributed by atoms with Crippen LogP contribution in [-0.4, -0.2) is 17.1 Å². The van der Waals surface area contributed by atoms with Gasteiger partial charge in [-0.3, -0.25) is 0 Å². The van der Waals surface area contributed by atoms with Crippen LogP contribution in [0.25, 0.3) is 0 Å². The van der Waals surface area contributed by atoms with Crippen molar-refractivity contribution in [1.29, 1.82) is 0 Å². The standard InChI is InChI=1S/C12H16ClNO2/c1-8(2)7-9(3)16-12(15)10-5-4-6-11(13)14-10/h4-6,8-9H,7H2,1-3H3. The minimum Gasteiger partial charge on any atom is -0.458 e. The number of carbonyl (C=O) groups excluding carboxylic acids is 1. The maximum Gasteiger partial charge on any atom is 0.357 e. The van der Waals surface area contributed by atoms with Gasteiger partial charge in [-0.2, -0.15) is 0 Å². The number of carbonyl (C=O) groups is 1. The van der Waals surface area contributed by atoms with E-state index >= 15 is 0 Å². The fourth-order valence-electron chi connectivity index (χ4n) is 1.48. The third-order valence-electron chi connectivity index (χ3n) is 2.04. The van der Waals surface area contributed by atoms with Crippen LogP contribution in [0.15, 0.2) is 18.2 Å². The number of rotatable bonds is 4. The van der Waals surface area contributed by atoms with Gasteiger partial charge in [0.05, 0.1) is 6.10 Å². The van der Waals surface area contributed by atoms with Crippen LogP contribution >= 0.6 is 11.6 Å². The Morgan fingerprint density at radius 3 is 2.69 bits per heavy atom. The zero-order valence-corrected chi connectivity index (χ0v) is 10.5. The molecule has 0 saturated carbocycles. The Labute approximate surface area is 101 Å². The van der Waals surface area contributed by atoms with Crippen molar-refractivity contribution in [2.75, 3.05) is 0 Å². The summed E-state index contributed by atoms with van der Waals surface area (Å²) in [4.78, 5) is 15.5. The average molecular weight is 242 g/mol. The molecule has 0 aliphatic rings. The summed E-state index contributed by atoms with van der Waals surface area (Å²) in [6, 6.07) is 4.89. The van der Waals surface area contributed by atoms with Gasteiger partial charge in [0.1, 0.15) is 10.8 Å². The molecule has 1 rings (SSSR count). The summed E-state index contributed by atoms with van der Waals surface area (Å²) >= 11 is 5.69. The van der Waals surface area contributed by atoms with Crippen LogP contribution in [0.4, 0.5) is 0 Å². The fourth-order valence-corrected chi connectivity index (χ4v) is 1.64. The summed E-state index contributed by atoms with van der Waals surface area (Å²) in [7, 11) is 0. The van der Waals surface area contributed by atoms with E-state index in [0.717, 1.165) is 6.42 Å². The lowest BCUT2D eigenvalue weighted by Gasteiger charge is -2.14. The van der Waals surface area contributed by atoms with E-state index in [1.54, 1.807) is 18.2 Å². The molecule has 3 nitrogen and oxygen atoms in total.